The van der Waals surface area contributed by atoms with Gasteiger partial charge in [-0.3, -0.25) is 0 Å². The van der Waals surface area contributed by atoms with E-state index in [0.29, 0.717) is 10.9 Å². The number of hydrazone groups is 1. The van der Waals surface area contributed by atoms with Gasteiger partial charge in [0.1, 0.15) is 0 Å². The Morgan fingerprint density at radius 2 is 1.88 bits per heavy atom. The van der Waals surface area contributed by atoms with Crippen LogP contribution in [0.15, 0.2) is 28.7 Å². The van der Waals surface area contributed by atoms with Crippen molar-refractivity contribution >= 4 is 23.5 Å². The summed E-state index contributed by atoms with van der Waals surface area (Å²) in [6.45, 7) is 0. The van der Waals surface area contributed by atoms with E-state index in [1.807, 2.05) is 0 Å². The van der Waals surface area contributed by atoms with Gasteiger partial charge in [0.15, 0.2) is 5.69 Å². The molecule has 3 rings (SSSR count). The van der Waals surface area contributed by atoms with E-state index >= 15 is 0 Å². The third-order valence-electron chi connectivity index (χ3n) is 3.35. The molecular weight excluding hydrogens is 374 g/mol. The molecule has 0 saturated carbocycles. The van der Waals surface area contributed by atoms with Gasteiger partial charge in [-0.25, -0.2) is 9.97 Å². The van der Waals surface area contributed by atoms with E-state index in [1.165, 1.54) is 6.07 Å². The van der Waals surface area contributed by atoms with Crippen LogP contribution in [0.5, 0.6) is 0 Å². The Morgan fingerprint density at radius 3 is 2.44 bits per heavy atom. The standard InChI is InChI=1S/C13H8F6N4OS/c14-12(15,16)9-6-7(8-2-1-5-25-8)21-10(22-9)23-11(24,3-4-20-23)13(17,18)19/h1-2,4-6,24H,3H2. The number of hydrogen-bond donors (Lipinski definition) is 1. The van der Waals surface area contributed by atoms with Crippen molar-refractivity contribution in [1.29, 1.82) is 0 Å². The predicted octanol–water partition coefficient (Wildman–Crippen LogP) is 3.67. The van der Waals surface area contributed by atoms with Gasteiger partial charge in [0.2, 0.25) is 5.95 Å². The predicted molar refractivity (Wildman–Crippen MR) is 76.9 cm³/mol. The molecule has 0 spiro atoms. The summed E-state index contributed by atoms with van der Waals surface area (Å²) in [5, 5.41) is 14.7. The first kappa shape index (κ1) is 17.6. The first-order chi connectivity index (χ1) is 11.5. The number of anilines is 1. The second-order valence-corrected chi connectivity index (χ2v) is 5.99. The summed E-state index contributed by atoms with van der Waals surface area (Å²) >= 11 is 1.05. The highest BCUT2D eigenvalue weighted by Gasteiger charge is 2.61. The number of nitrogens with zero attached hydrogens (tertiary/aromatic N) is 4. The first-order valence-corrected chi connectivity index (χ1v) is 7.52. The molecule has 1 aliphatic rings. The van der Waals surface area contributed by atoms with Crippen molar-refractivity contribution in [2.45, 2.75) is 24.5 Å². The lowest BCUT2D eigenvalue weighted by Gasteiger charge is -2.32. The van der Waals surface area contributed by atoms with Gasteiger partial charge in [-0.1, -0.05) is 6.07 Å². The van der Waals surface area contributed by atoms with Gasteiger partial charge in [0, 0.05) is 12.6 Å². The molecular formula is C13H8F6N4OS. The fraction of sp³-hybridized carbons (Fsp3) is 0.308. The average Bonchev–Trinajstić information content (AvgIpc) is 3.15. The molecule has 0 fully saturated rings. The van der Waals surface area contributed by atoms with Gasteiger partial charge in [-0.2, -0.15) is 36.5 Å². The fourth-order valence-electron chi connectivity index (χ4n) is 2.11. The average molecular weight is 382 g/mol. The molecule has 2 aromatic rings. The third-order valence-corrected chi connectivity index (χ3v) is 4.24. The molecule has 5 nitrogen and oxygen atoms in total. The van der Waals surface area contributed by atoms with Gasteiger partial charge in [0.05, 0.1) is 10.6 Å². The second kappa shape index (κ2) is 5.66. The smallest absolute Gasteiger partial charge is 0.362 e. The van der Waals surface area contributed by atoms with E-state index < -0.39 is 36.1 Å². The van der Waals surface area contributed by atoms with E-state index in [1.54, 1.807) is 11.4 Å². The lowest BCUT2D eigenvalue weighted by molar-refractivity contribution is -0.254. The van der Waals surface area contributed by atoms with Crippen LogP contribution in [0.1, 0.15) is 12.1 Å². The van der Waals surface area contributed by atoms with E-state index in [-0.39, 0.29) is 10.7 Å². The Kier molecular flexibility index (Phi) is 3.99. The van der Waals surface area contributed by atoms with Crippen molar-refractivity contribution in [3.05, 3.63) is 29.3 Å². The number of alkyl halides is 6. The van der Waals surface area contributed by atoms with Gasteiger partial charge >= 0.3 is 12.4 Å². The summed E-state index contributed by atoms with van der Waals surface area (Å²) in [5.74, 6) is -0.994. The van der Waals surface area contributed by atoms with E-state index in [4.69, 9.17) is 0 Å². The van der Waals surface area contributed by atoms with Gasteiger partial charge < -0.3 is 5.11 Å². The SMILES string of the molecule is OC1(C(F)(F)F)CC=NN1c1nc(-c2cccs2)cc(C(F)(F)F)n1. The summed E-state index contributed by atoms with van der Waals surface area (Å²) in [4.78, 5) is 7.16. The Morgan fingerprint density at radius 1 is 1.16 bits per heavy atom. The molecule has 0 saturated heterocycles. The summed E-state index contributed by atoms with van der Waals surface area (Å²) in [7, 11) is 0. The monoisotopic (exact) mass is 382 g/mol. The van der Waals surface area contributed by atoms with Crippen LogP contribution in [0.25, 0.3) is 10.6 Å². The highest BCUT2D eigenvalue weighted by molar-refractivity contribution is 7.13. The molecule has 0 radical (unpaired) electrons. The zero-order chi connectivity index (χ0) is 18.5. The highest BCUT2D eigenvalue weighted by atomic mass is 32.1. The van der Waals surface area contributed by atoms with E-state index in [2.05, 4.69) is 15.1 Å². The van der Waals surface area contributed by atoms with Gasteiger partial charge in [-0.05, 0) is 17.5 Å². The molecule has 1 aliphatic heterocycles. The molecule has 2 aromatic heterocycles. The largest absolute Gasteiger partial charge is 0.438 e. The summed E-state index contributed by atoms with van der Waals surface area (Å²) in [6, 6.07) is 3.64. The first-order valence-electron chi connectivity index (χ1n) is 6.64. The second-order valence-electron chi connectivity index (χ2n) is 5.04. The van der Waals surface area contributed by atoms with Crippen molar-refractivity contribution in [3.8, 4) is 10.6 Å². The maximum absolute atomic E-state index is 13.1. The molecule has 25 heavy (non-hydrogen) atoms. The molecule has 1 unspecified atom stereocenters. The number of hydrogen-bond acceptors (Lipinski definition) is 6. The zero-order valence-electron chi connectivity index (χ0n) is 12.0. The van der Waals surface area contributed by atoms with Crippen LogP contribution in [-0.2, 0) is 6.18 Å². The molecule has 0 bridgehead atoms. The molecule has 0 aromatic carbocycles. The minimum absolute atomic E-state index is 0.0423. The molecule has 1 N–H and O–H groups in total. The number of thiophene rings is 1. The van der Waals surface area contributed by atoms with Crippen LogP contribution in [0.2, 0.25) is 0 Å². The van der Waals surface area contributed by atoms with Crippen molar-refractivity contribution in [2.75, 3.05) is 5.01 Å². The summed E-state index contributed by atoms with van der Waals surface area (Å²) in [5.41, 5.74) is -5.17. The minimum Gasteiger partial charge on any atom is -0.362 e. The normalized spacial score (nSPS) is 21.2. The highest BCUT2D eigenvalue weighted by Crippen LogP contribution is 2.41. The van der Waals surface area contributed by atoms with Crippen molar-refractivity contribution in [2.24, 2.45) is 5.10 Å². The van der Waals surface area contributed by atoms with E-state index in [9.17, 15) is 31.4 Å². The Bertz CT molecular complexity index is 804. The number of halogens is 6. The lowest BCUT2D eigenvalue weighted by Crippen LogP contribution is -2.55. The topological polar surface area (TPSA) is 61.6 Å². The summed E-state index contributed by atoms with van der Waals surface area (Å²) < 4.78 is 78.6. The van der Waals surface area contributed by atoms with E-state index in [0.717, 1.165) is 17.6 Å². The van der Waals surface area contributed by atoms with Gasteiger partial charge in [0.25, 0.3) is 5.72 Å². The van der Waals surface area contributed by atoms with Gasteiger partial charge in [-0.15, -0.1) is 11.3 Å². The summed E-state index contributed by atoms with van der Waals surface area (Å²) in [6.07, 6.45) is -10.3. The Hall–Kier alpha value is -2.21. The van der Waals surface area contributed by atoms with Crippen LogP contribution in [0, 0.1) is 0 Å². The molecule has 3 heterocycles. The van der Waals surface area contributed by atoms with Crippen molar-refractivity contribution in [1.82, 2.24) is 9.97 Å². The number of aromatic nitrogens is 2. The molecule has 1 atom stereocenters. The Labute approximate surface area is 140 Å². The zero-order valence-corrected chi connectivity index (χ0v) is 12.8. The van der Waals surface area contributed by atoms with Crippen LogP contribution in [-0.4, -0.2) is 33.2 Å². The van der Waals surface area contributed by atoms with Crippen LogP contribution >= 0.6 is 11.3 Å². The van der Waals surface area contributed by atoms with Crippen LogP contribution in [0.4, 0.5) is 32.3 Å². The lowest BCUT2D eigenvalue weighted by atomic mass is 10.1. The minimum atomic E-state index is -5.18. The third kappa shape index (κ3) is 3.06. The maximum atomic E-state index is 13.1. The van der Waals surface area contributed by atoms with Crippen LogP contribution in [0.3, 0.4) is 0 Å². The molecule has 0 amide bonds. The molecule has 0 aliphatic carbocycles. The fourth-order valence-corrected chi connectivity index (χ4v) is 2.80. The van der Waals surface area contributed by atoms with Crippen molar-refractivity contribution in [3.63, 3.8) is 0 Å². The number of aliphatic hydroxyl groups is 1. The quantitative estimate of drug-likeness (QED) is 0.806. The number of rotatable bonds is 2. The van der Waals surface area contributed by atoms with Crippen molar-refractivity contribution < 1.29 is 31.4 Å². The maximum Gasteiger partial charge on any atom is 0.438 e. The Balaban J connectivity index is 2.16. The molecule has 134 valence electrons. The van der Waals surface area contributed by atoms with Crippen LogP contribution < -0.4 is 5.01 Å². The molecule has 12 heteroatoms.